The van der Waals surface area contributed by atoms with Gasteiger partial charge in [0.2, 0.25) is 0 Å². The molecule has 2 aromatic rings. The minimum Gasteiger partial charge on any atom is -0.457 e. The zero-order valence-corrected chi connectivity index (χ0v) is 13.0. The fourth-order valence-electron chi connectivity index (χ4n) is 1.56. The zero-order valence-electron chi connectivity index (χ0n) is 10.6. The average Bonchev–Trinajstić information content (AvgIpc) is 2.43. The Morgan fingerprint density at radius 1 is 1.18 bits per heavy atom. The van der Waals surface area contributed by atoms with Crippen LogP contribution in [0.2, 0.25) is 10.0 Å². The highest BCUT2D eigenvalue weighted by Crippen LogP contribution is 2.38. The molecule has 0 atom stereocenters. The lowest BCUT2D eigenvalue weighted by molar-refractivity contribution is 0.472. The summed E-state index contributed by atoms with van der Waals surface area (Å²) in [5, 5.41) is 3.56. The van der Waals surface area contributed by atoms with Crippen molar-refractivity contribution in [3.05, 3.63) is 56.9 Å². The Morgan fingerprint density at radius 2 is 1.82 bits per heavy atom. The van der Waals surface area contributed by atoms with E-state index in [-0.39, 0.29) is 16.5 Å². The second-order valence-electron chi connectivity index (χ2n) is 3.97. The van der Waals surface area contributed by atoms with E-state index in [1.54, 1.807) is 12.1 Å². The molecule has 0 aliphatic heterocycles. The minimum absolute atomic E-state index is 0.0325. The van der Waals surface area contributed by atoms with Crippen LogP contribution in [0.1, 0.15) is 0 Å². The van der Waals surface area contributed by atoms with Gasteiger partial charge in [-0.1, -0.05) is 28.3 Å². The number of azide groups is 1. The van der Waals surface area contributed by atoms with Crippen LogP contribution in [0.5, 0.6) is 11.5 Å². The average molecular weight is 360 g/mol. The molecular weight excluding hydrogens is 353 g/mol. The SMILES string of the molecule is [N-]=[N+]=Nc1cc(Cl)c(S(=O)(=O)O)cc1Oc1ccc(Cl)cc1. The molecule has 0 bridgehead atoms. The van der Waals surface area contributed by atoms with Gasteiger partial charge < -0.3 is 4.74 Å². The highest BCUT2D eigenvalue weighted by molar-refractivity contribution is 7.86. The quantitative estimate of drug-likeness (QED) is 0.359. The third-order valence-corrected chi connectivity index (χ3v) is 4.06. The second-order valence-corrected chi connectivity index (χ2v) is 6.20. The van der Waals surface area contributed by atoms with Gasteiger partial charge in [-0.05, 0) is 35.9 Å². The maximum absolute atomic E-state index is 11.3. The van der Waals surface area contributed by atoms with Gasteiger partial charge in [0.05, 0.1) is 10.7 Å². The number of benzene rings is 2. The van der Waals surface area contributed by atoms with Gasteiger partial charge >= 0.3 is 0 Å². The summed E-state index contributed by atoms with van der Waals surface area (Å²) in [7, 11) is -4.55. The molecule has 0 saturated carbocycles. The molecule has 1 N–H and O–H groups in total. The standard InChI is InChI=1S/C12H7Cl2N3O4S/c13-7-1-3-8(4-2-7)21-11-6-12(22(18,19)20)9(14)5-10(11)16-17-15/h1-6H,(H,18,19,20). The van der Waals surface area contributed by atoms with Crippen molar-refractivity contribution in [2.75, 3.05) is 0 Å². The number of hydrogen-bond acceptors (Lipinski definition) is 4. The summed E-state index contributed by atoms with van der Waals surface area (Å²) in [5.74, 6) is 0.236. The molecule has 0 fully saturated rings. The summed E-state index contributed by atoms with van der Waals surface area (Å²) in [6.45, 7) is 0. The van der Waals surface area contributed by atoms with Crippen molar-refractivity contribution >= 4 is 39.0 Å². The Labute approximate surface area is 135 Å². The number of nitrogens with zero attached hydrogens (tertiary/aromatic N) is 3. The highest BCUT2D eigenvalue weighted by Gasteiger charge is 2.19. The molecule has 0 aliphatic carbocycles. The van der Waals surface area contributed by atoms with Crippen molar-refractivity contribution in [1.82, 2.24) is 0 Å². The molecule has 0 radical (unpaired) electrons. The smallest absolute Gasteiger partial charge is 0.296 e. The molecular formula is C12H7Cl2N3O4S. The summed E-state index contributed by atoms with van der Waals surface area (Å²) in [6, 6.07) is 8.23. The largest absolute Gasteiger partial charge is 0.457 e. The lowest BCUT2D eigenvalue weighted by atomic mass is 10.3. The molecule has 0 heterocycles. The van der Waals surface area contributed by atoms with Gasteiger partial charge in [-0.15, -0.1) is 0 Å². The third-order valence-electron chi connectivity index (χ3n) is 2.49. The van der Waals surface area contributed by atoms with Crippen molar-refractivity contribution in [1.29, 1.82) is 0 Å². The van der Waals surface area contributed by atoms with E-state index in [1.165, 1.54) is 12.1 Å². The molecule has 7 nitrogen and oxygen atoms in total. The molecule has 0 saturated heterocycles. The van der Waals surface area contributed by atoms with E-state index in [1.807, 2.05) is 0 Å². The Balaban J connectivity index is 2.56. The molecule has 0 aliphatic rings. The number of halogens is 2. The van der Waals surface area contributed by atoms with Gasteiger partial charge in [-0.3, -0.25) is 4.55 Å². The van der Waals surface area contributed by atoms with Crippen LogP contribution in [0.3, 0.4) is 0 Å². The van der Waals surface area contributed by atoms with E-state index in [4.69, 9.17) is 38.0 Å². The van der Waals surface area contributed by atoms with Gasteiger partial charge in [-0.2, -0.15) is 8.42 Å². The first-order chi connectivity index (χ1) is 10.3. The molecule has 0 amide bonds. The predicted octanol–water partition coefficient (Wildman–Crippen LogP) is 4.97. The van der Waals surface area contributed by atoms with E-state index in [2.05, 4.69) is 10.0 Å². The number of ether oxygens (including phenoxy) is 1. The fraction of sp³-hybridized carbons (Fsp3) is 0. The van der Waals surface area contributed by atoms with Crippen LogP contribution < -0.4 is 4.74 Å². The van der Waals surface area contributed by atoms with Gasteiger partial charge in [0, 0.05) is 16.0 Å². The maximum Gasteiger partial charge on any atom is 0.296 e. The highest BCUT2D eigenvalue weighted by atomic mass is 35.5. The van der Waals surface area contributed by atoms with Gasteiger partial charge in [0.25, 0.3) is 10.1 Å². The van der Waals surface area contributed by atoms with Gasteiger partial charge in [-0.25, -0.2) is 0 Å². The summed E-state index contributed by atoms with van der Waals surface area (Å²) < 4.78 is 37.1. The number of rotatable bonds is 4. The molecule has 0 spiro atoms. The molecule has 114 valence electrons. The Bertz CT molecular complexity index is 863. The second kappa shape index (κ2) is 6.43. The first kappa shape index (κ1) is 16.4. The molecule has 2 aromatic carbocycles. The van der Waals surface area contributed by atoms with Crippen molar-refractivity contribution in [3.63, 3.8) is 0 Å². The number of hydrogen-bond donors (Lipinski definition) is 1. The van der Waals surface area contributed by atoms with Crippen LogP contribution in [0.15, 0.2) is 46.4 Å². The van der Waals surface area contributed by atoms with Crippen molar-refractivity contribution in [2.45, 2.75) is 4.90 Å². The van der Waals surface area contributed by atoms with E-state index in [9.17, 15) is 8.42 Å². The fourth-order valence-corrected chi connectivity index (χ4v) is 2.70. The Hall–Kier alpha value is -1.96. The molecule has 22 heavy (non-hydrogen) atoms. The maximum atomic E-state index is 11.3. The molecule has 0 unspecified atom stereocenters. The summed E-state index contributed by atoms with van der Waals surface area (Å²) in [6.07, 6.45) is 0. The van der Waals surface area contributed by atoms with Crippen molar-refractivity contribution in [3.8, 4) is 11.5 Å². The first-order valence-corrected chi connectivity index (χ1v) is 7.80. The molecule has 2 rings (SSSR count). The molecule has 10 heteroatoms. The monoisotopic (exact) mass is 359 g/mol. The van der Waals surface area contributed by atoms with Crippen LogP contribution in [-0.2, 0) is 10.1 Å². The van der Waals surface area contributed by atoms with E-state index >= 15 is 0 Å². The minimum atomic E-state index is -4.55. The van der Waals surface area contributed by atoms with Crippen molar-refractivity contribution in [2.24, 2.45) is 5.11 Å². The van der Waals surface area contributed by atoms with Crippen LogP contribution in [0.25, 0.3) is 10.4 Å². The van der Waals surface area contributed by atoms with E-state index in [0.717, 1.165) is 12.1 Å². The normalized spacial score (nSPS) is 10.9. The predicted molar refractivity (Wildman–Crippen MR) is 81.6 cm³/mol. The molecule has 0 aromatic heterocycles. The Kier molecular flexibility index (Phi) is 4.80. The van der Waals surface area contributed by atoms with Gasteiger partial charge in [0.1, 0.15) is 16.4 Å². The van der Waals surface area contributed by atoms with Crippen LogP contribution in [-0.4, -0.2) is 13.0 Å². The van der Waals surface area contributed by atoms with E-state index in [0.29, 0.717) is 10.8 Å². The Morgan fingerprint density at radius 3 is 2.36 bits per heavy atom. The summed E-state index contributed by atoms with van der Waals surface area (Å²) in [4.78, 5) is 2.05. The third kappa shape index (κ3) is 3.82. The summed E-state index contributed by atoms with van der Waals surface area (Å²) >= 11 is 11.5. The van der Waals surface area contributed by atoms with E-state index < -0.39 is 15.0 Å². The lowest BCUT2D eigenvalue weighted by Crippen LogP contribution is -1.99. The summed E-state index contributed by atoms with van der Waals surface area (Å²) in [5.41, 5.74) is 8.51. The van der Waals surface area contributed by atoms with Crippen LogP contribution >= 0.6 is 23.2 Å². The van der Waals surface area contributed by atoms with Crippen molar-refractivity contribution < 1.29 is 17.7 Å². The van der Waals surface area contributed by atoms with Crippen LogP contribution in [0.4, 0.5) is 5.69 Å². The zero-order chi connectivity index (χ0) is 16.3. The van der Waals surface area contributed by atoms with Gasteiger partial charge in [0.15, 0.2) is 0 Å². The van der Waals surface area contributed by atoms with Crippen LogP contribution in [0, 0.1) is 0 Å². The first-order valence-electron chi connectivity index (χ1n) is 5.61. The topological polar surface area (TPSA) is 112 Å². The lowest BCUT2D eigenvalue weighted by Gasteiger charge is -2.11.